The molecule has 100 valence electrons. The molecule has 1 nitrogen and oxygen atoms in total. The molecule has 0 aromatic heterocycles. The molecule has 0 aliphatic carbocycles. The second-order valence-electron chi connectivity index (χ2n) is 4.88. The lowest BCUT2D eigenvalue weighted by atomic mass is 9.93. The molecule has 0 radical (unpaired) electrons. The Morgan fingerprint density at radius 3 is 2.37 bits per heavy atom. The van der Waals surface area contributed by atoms with Crippen molar-refractivity contribution >= 4 is 15.9 Å². The maximum atomic E-state index is 13.4. The molecule has 1 unspecified atom stereocenters. The Morgan fingerprint density at radius 1 is 1.16 bits per heavy atom. The number of hydrogen-bond donors (Lipinski definition) is 1. The summed E-state index contributed by atoms with van der Waals surface area (Å²) in [5.74, 6) is -0.263. The average Bonchev–Trinajstić information content (AvgIpc) is 2.32. The van der Waals surface area contributed by atoms with Gasteiger partial charge >= 0.3 is 0 Å². The van der Waals surface area contributed by atoms with Gasteiger partial charge in [0.15, 0.2) is 0 Å². The highest BCUT2D eigenvalue weighted by Gasteiger charge is 2.12. The van der Waals surface area contributed by atoms with Crippen molar-refractivity contribution < 1.29 is 4.39 Å². The van der Waals surface area contributed by atoms with Crippen molar-refractivity contribution in [1.82, 2.24) is 0 Å². The minimum atomic E-state index is -0.263. The van der Waals surface area contributed by atoms with E-state index < -0.39 is 0 Å². The standard InChI is InChI=1S/C16H17BrFN/c1-10-4-3-5-11(2)15(10)9-16(19)12-6-13(17)8-14(18)7-12/h3-8,16H,9,19H2,1-2H3. The molecule has 0 heterocycles. The van der Waals surface area contributed by atoms with Gasteiger partial charge in [-0.15, -0.1) is 0 Å². The van der Waals surface area contributed by atoms with Crippen LogP contribution in [0.2, 0.25) is 0 Å². The van der Waals surface area contributed by atoms with Crippen LogP contribution in [0.4, 0.5) is 4.39 Å². The summed E-state index contributed by atoms with van der Waals surface area (Å²) in [7, 11) is 0. The summed E-state index contributed by atoms with van der Waals surface area (Å²) in [6.07, 6.45) is 0.717. The van der Waals surface area contributed by atoms with Gasteiger partial charge in [0.2, 0.25) is 0 Å². The van der Waals surface area contributed by atoms with Crippen molar-refractivity contribution in [2.24, 2.45) is 5.73 Å². The van der Waals surface area contributed by atoms with Gasteiger partial charge in [-0.3, -0.25) is 0 Å². The molecule has 1 atom stereocenters. The molecule has 0 saturated heterocycles. The fourth-order valence-corrected chi connectivity index (χ4v) is 2.78. The lowest BCUT2D eigenvalue weighted by Gasteiger charge is -2.16. The summed E-state index contributed by atoms with van der Waals surface area (Å²) in [4.78, 5) is 0. The zero-order chi connectivity index (χ0) is 14.0. The van der Waals surface area contributed by atoms with Gasteiger partial charge in [0.05, 0.1) is 0 Å². The van der Waals surface area contributed by atoms with E-state index in [1.165, 1.54) is 28.8 Å². The minimum absolute atomic E-state index is 0.202. The molecule has 0 spiro atoms. The van der Waals surface area contributed by atoms with Gasteiger partial charge in [0.25, 0.3) is 0 Å². The first kappa shape index (κ1) is 14.2. The lowest BCUT2D eigenvalue weighted by molar-refractivity contribution is 0.617. The summed E-state index contributed by atoms with van der Waals surface area (Å²) in [6, 6.07) is 10.8. The van der Waals surface area contributed by atoms with E-state index in [4.69, 9.17) is 5.73 Å². The predicted molar refractivity (Wildman–Crippen MR) is 80.6 cm³/mol. The third kappa shape index (κ3) is 3.43. The maximum absolute atomic E-state index is 13.4. The first-order valence-corrected chi connectivity index (χ1v) is 7.03. The summed E-state index contributed by atoms with van der Waals surface area (Å²) in [5.41, 5.74) is 10.7. The number of rotatable bonds is 3. The van der Waals surface area contributed by atoms with Crippen LogP contribution in [0.3, 0.4) is 0 Å². The molecule has 0 amide bonds. The molecule has 2 aromatic rings. The predicted octanol–water partition coefficient (Wildman–Crippen LogP) is 4.45. The molecule has 19 heavy (non-hydrogen) atoms. The molecule has 2 N–H and O–H groups in total. The second-order valence-corrected chi connectivity index (χ2v) is 5.80. The molecule has 0 bridgehead atoms. The van der Waals surface area contributed by atoms with Crippen LogP contribution in [0.25, 0.3) is 0 Å². The largest absolute Gasteiger partial charge is 0.324 e. The zero-order valence-electron chi connectivity index (χ0n) is 11.1. The first-order valence-electron chi connectivity index (χ1n) is 6.24. The summed E-state index contributed by atoms with van der Waals surface area (Å²) >= 11 is 3.30. The van der Waals surface area contributed by atoms with E-state index >= 15 is 0 Å². The van der Waals surface area contributed by atoms with E-state index in [2.05, 4.69) is 41.9 Å². The molecule has 2 rings (SSSR count). The Balaban J connectivity index is 2.28. The fraction of sp³-hybridized carbons (Fsp3) is 0.250. The van der Waals surface area contributed by atoms with Crippen LogP contribution in [0, 0.1) is 19.7 Å². The van der Waals surface area contributed by atoms with Gasteiger partial charge in [-0.25, -0.2) is 4.39 Å². The third-order valence-electron chi connectivity index (χ3n) is 3.38. The minimum Gasteiger partial charge on any atom is -0.324 e. The third-order valence-corrected chi connectivity index (χ3v) is 3.84. The number of hydrogen-bond acceptors (Lipinski definition) is 1. The molecule has 0 aliphatic heterocycles. The Hall–Kier alpha value is -1.19. The van der Waals surface area contributed by atoms with E-state index in [0.717, 1.165) is 10.0 Å². The highest BCUT2D eigenvalue weighted by atomic mass is 79.9. The number of benzene rings is 2. The Bertz CT molecular complexity index is 555. The summed E-state index contributed by atoms with van der Waals surface area (Å²) in [5, 5.41) is 0. The second kappa shape index (κ2) is 5.85. The quantitative estimate of drug-likeness (QED) is 0.888. The Morgan fingerprint density at radius 2 is 1.79 bits per heavy atom. The van der Waals surface area contributed by atoms with Crippen LogP contribution in [0.1, 0.15) is 28.3 Å². The molecule has 3 heteroatoms. The van der Waals surface area contributed by atoms with E-state index in [1.54, 1.807) is 0 Å². The van der Waals surface area contributed by atoms with E-state index in [-0.39, 0.29) is 11.9 Å². The summed E-state index contributed by atoms with van der Waals surface area (Å²) < 4.78 is 14.1. The van der Waals surface area contributed by atoms with Crippen molar-refractivity contribution in [2.45, 2.75) is 26.3 Å². The fourth-order valence-electron chi connectivity index (χ4n) is 2.30. The summed E-state index contributed by atoms with van der Waals surface area (Å²) in [6.45, 7) is 4.16. The molecule has 0 saturated carbocycles. The molecule has 0 fully saturated rings. The van der Waals surface area contributed by atoms with Crippen molar-refractivity contribution in [3.63, 3.8) is 0 Å². The van der Waals surface area contributed by atoms with Gasteiger partial charge in [-0.2, -0.15) is 0 Å². The molecule has 0 aliphatic rings. The van der Waals surface area contributed by atoms with Gasteiger partial charge in [-0.05, 0) is 60.7 Å². The van der Waals surface area contributed by atoms with E-state index in [1.807, 2.05) is 12.1 Å². The van der Waals surface area contributed by atoms with Crippen LogP contribution < -0.4 is 5.73 Å². The first-order chi connectivity index (χ1) is 8.97. The van der Waals surface area contributed by atoms with Crippen LogP contribution in [0.5, 0.6) is 0 Å². The van der Waals surface area contributed by atoms with Crippen LogP contribution in [0.15, 0.2) is 40.9 Å². The monoisotopic (exact) mass is 321 g/mol. The number of halogens is 2. The smallest absolute Gasteiger partial charge is 0.124 e. The molecule has 2 aromatic carbocycles. The van der Waals surface area contributed by atoms with Crippen LogP contribution >= 0.6 is 15.9 Å². The zero-order valence-corrected chi connectivity index (χ0v) is 12.7. The van der Waals surface area contributed by atoms with Crippen molar-refractivity contribution in [3.05, 3.63) is 68.9 Å². The van der Waals surface area contributed by atoms with Gasteiger partial charge in [0, 0.05) is 10.5 Å². The van der Waals surface area contributed by atoms with Crippen molar-refractivity contribution in [1.29, 1.82) is 0 Å². The highest BCUT2D eigenvalue weighted by molar-refractivity contribution is 9.10. The van der Waals surface area contributed by atoms with Crippen molar-refractivity contribution in [3.8, 4) is 0 Å². The normalized spacial score (nSPS) is 12.5. The van der Waals surface area contributed by atoms with Gasteiger partial charge in [-0.1, -0.05) is 34.1 Å². The van der Waals surface area contributed by atoms with Crippen LogP contribution in [-0.2, 0) is 6.42 Å². The van der Waals surface area contributed by atoms with Gasteiger partial charge < -0.3 is 5.73 Å². The van der Waals surface area contributed by atoms with Gasteiger partial charge in [0.1, 0.15) is 5.82 Å². The van der Waals surface area contributed by atoms with Crippen LogP contribution in [-0.4, -0.2) is 0 Å². The molecular formula is C16H17BrFN. The topological polar surface area (TPSA) is 26.0 Å². The molecular weight excluding hydrogens is 305 g/mol. The van der Waals surface area contributed by atoms with Crippen molar-refractivity contribution in [2.75, 3.05) is 0 Å². The number of nitrogens with two attached hydrogens (primary N) is 1. The Labute approximate surface area is 121 Å². The lowest BCUT2D eigenvalue weighted by Crippen LogP contribution is -2.15. The average molecular weight is 322 g/mol. The SMILES string of the molecule is Cc1cccc(C)c1CC(N)c1cc(F)cc(Br)c1. The van der Waals surface area contributed by atoms with E-state index in [9.17, 15) is 4.39 Å². The highest BCUT2D eigenvalue weighted by Crippen LogP contribution is 2.24. The maximum Gasteiger partial charge on any atom is 0.124 e. The number of aryl methyl sites for hydroxylation is 2. The van der Waals surface area contributed by atoms with E-state index in [0.29, 0.717) is 6.42 Å². The Kier molecular flexibility index (Phi) is 4.38.